The predicted octanol–water partition coefficient (Wildman–Crippen LogP) is 1.92. The highest BCUT2D eigenvalue weighted by molar-refractivity contribution is 8.00. The molecule has 2 fully saturated rings. The maximum absolute atomic E-state index is 12.2. The van der Waals surface area contributed by atoms with Gasteiger partial charge in [0.2, 0.25) is 5.91 Å². The van der Waals surface area contributed by atoms with Gasteiger partial charge >= 0.3 is 0 Å². The Morgan fingerprint density at radius 3 is 2.53 bits per heavy atom. The fourth-order valence-electron chi connectivity index (χ4n) is 2.71. The molecule has 0 aromatic carbocycles. The Hall–Kier alpha value is -0.220. The highest BCUT2D eigenvalue weighted by Gasteiger charge is 2.39. The number of hydrogen-bond donors (Lipinski definition) is 2. The maximum atomic E-state index is 12.2. The quantitative estimate of drug-likeness (QED) is 0.807. The molecule has 2 rings (SSSR count). The minimum atomic E-state index is -0.332. The summed E-state index contributed by atoms with van der Waals surface area (Å²) in [4.78, 5) is 12.2. The number of nitrogens with one attached hydrogen (secondary N) is 2. The van der Waals surface area contributed by atoms with Crippen molar-refractivity contribution >= 4 is 17.7 Å². The van der Waals surface area contributed by atoms with Crippen LogP contribution in [0.25, 0.3) is 0 Å². The summed E-state index contributed by atoms with van der Waals surface area (Å²) in [6, 6.07) is 0. The first kappa shape index (κ1) is 13.2. The molecule has 1 aliphatic heterocycles. The van der Waals surface area contributed by atoms with Crippen LogP contribution in [0.4, 0.5) is 0 Å². The molecule has 0 aromatic heterocycles. The van der Waals surface area contributed by atoms with Crippen molar-refractivity contribution in [2.45, 2.75) is 55.7 Å². The fourth-order valence-corrected chi connectivity index (χ4v) is 3.62. The molecule has 0 spiro atoms. The zero-order valence-corrected chi connectivity index (χ0v) is 11.8. The first-order valence-corrected chi connectivity index (χ1v) is 7.91. The largest absolute Gasteiger partial charge is 0.353 e. The Morgan fingerprint density at radius 2 is 2.06 bits per heavy atom. The Kier molecular flexibility index (Phi) is 4.03. The number of piperidine rings is 1. The number of carbonyl (C=O) groups excluding carboxylic acids is 1. The second-order valence-electron chi connectivity index (χ2n) is 5.64. The van der Waals surface area contributed by atoms with Gasteiger partial charge in [0, 0.05) is 11.3 Å². The summed E-state index contributed by atoms with van der Waals surface area (Å²) >= 11 is 1.91. The van der Waals surface area contributed by atoms with Crippen molar-refractivity contribution in [3.8, 4) is 0 Å². The first-order valence-electron chi connectivity index (χ1n) is 6.69. The lowest BCUT2D eigenvalue weighted by molar-refractivity contribution is -0.128. The second-order valence-corrected chi connectivity index (χ2v) is 6.91. The van der Waals surface area contributed by atoms with Crippen LogP contribution in [0.5, 0.6) is 0 Å². The van der Waals surface area contributed by atoms with E-state index < -0.39 is 0 Å². The molecular weight excluding hydrogens is 232 g/mol. The number of carbonyl (C=O) groups is 1. The summed E-state index contributed by atoms with van der Waals surface area (Å²) in [7, 11) is 0. The van der Waals surface area contributed by atoms with Crippen LogP contribution in [0.2, 0.25) is 0 Å². The molecule has 1 saturated carbocycles. The van der Waals surface area contributed by atoms with E-state index >= 15 is 0 Å². The van der Waals surface area contributed by atoms with Crippen molar-refractivity contribution in [1.82, 2.24) is 10.6 Å². The van der Waals surface area contributed by atoms with Gasteiger partial charge in [0.25, 0.3) is 0 Å². The zero-order chi connectivity index (χ0) is 12.4. The van der Waals surface area contributed by atoms with Crippen LogP contribution in [0.3, 0.4) is 0 Å². The minimum Gasteiger partial charge on any atom is -0.353 e. The van der Waals surface area contributed by atoms with E-state index in [4.69, 9.17) is 0 Å². The van der Waals surface area contributed by atoms with E-state index in [-0.39, 0.29) is 11.4 Å². The van der Waals surface area contributed by atoms with E-state index in [1.165, 1.54) is 25.7 Å². The van der Waals surface area contributed by atoms with E-state index in [1.807, 2.05) is 18.7 Å². The molecular formula is C13H24N2OS. The number of rotatable bonds is 4. The van der Waals surface area contributed by atoms with Crippen molar-refractivity contribution in [1.29, 1.82) is 0 Å². The van der Waals surface area contributed by atoms with Crippen molar-refractivity contribution in [2.24, 2.45) is 0 Å². The predicted molar refractivity (Wildman–Crippen MR) is 73.4 cm³/mol. The average molecular weight is 256 g/mol. The molecule has 0 bridgehead atoms. The van der Waals surface area contributed by atoms with Gasteiger partial charge in [0.1, 0.15) is 0 Å². The van der Waals surface area contributed by atoms with Crippen molar-refractivity contribution in [2.75, 3.05) is 19.3 Å². The molecule has 2 aliphatic rings. The number of amides is 1. The van der Waals surface area contributed by atoms with Gasteiger partial charge in [-0.15, -0.1) is 0 Å². The fraction of sp³-hybridized carbons (Fsp3) is 0.923. The van der Waals surface area contributed by atoms with Crippen LogP contribution in [-0.4, -0.2) is 35.5 Å². The molecule has 1 amide bonds. The van der Waals surface area contributed by atoms with E-state index in [0.29, 0.717) is 4.75 Å². The van der Waals surface area contributed by atoms with E-state index in [1.54, 1.807) is 0 Å². The minimum absolute atomic E-state index is 0.192. The molecule has 3 nitrogen and oxygen atoms in total. The molecule has 1 heterocycles. The lowest BCUT2D eigenvalue weighted by Crippen LogP contribution is -2.59. The van der Waals surface area contributed by atoms with Gasteiger partial charge in [-0.1, -0.05) is 6.42 Å². The van der Waals surface area contributed by atoms with E-state index in [9.17, 15) is 4.79 Å². The third kappa shape index (κ3) is 2.79. The SMILES string of the molecule is CSC1(CNC(=O)C2(C)CCCCN2)CCC1. The first-order chi connectivity index (χ1) is 8.10. The molecule has 4 heteroatoms. The van der Waals surface area contributed by atoms with Crippen LogP contribution in [0, 0.1) is 0 Å². The van der Waals surface area contributed by atoms with Gasteiger partial charge in [-0.2, -0.15) is 11.8 Å². The third-order valence-electron chi connectivity index (χ3n) is 4.39. The lowest BCUT2D eigenvalue weighted by Gasteiger charge is -2.42. The van der Waals surface area contributed by atoms with Gasteiger partial charge in [-0.3, -0.25) is 4.79 Å². The van der Waals surface area contributed by atoms with Crippen LogP contribution >= 0.6 is 11.8 Å². The summed E-state index contributed by atoms with van der Waals surface area (Å²) in [5.74, 6) is 0.192. The smallest absolute Gasteiger partial charge is 0.240 e. The van der Waals surface area contributed by atoms with Crippen molar-refractivity contribution in [3.05, 3.63) is 0 Å². The molecule has 98 valence electrons. The van der Waals surface area contributed by atoms with Crippen molar-refractivity contribution < 1.29 is 4.79 Å². The summed E-state index contributed by atoms with van der Waals surface area (Å²) in [5, 5.41) is 6.53. The summed E-state index contributed by atoms with van der Waals surface area (Å²) in [6.45, 7) is 3.84. The molecule has 1 saturated heterocycles. The summed E-state index contributed by atoms with van der Waals surface area (Å²) in [6.07, 6.45) is 9.28. The molecule has 0 aromatic rings. The monoisotopic (exact) mass is 256 g/mol. The topological polar surface area (TPSA) is 41.1 Å². The van der Waals surface area contributed by atoms with Crippen LogP contribution in [0.15, 0.2) is 0 Å². The number of thioether (sulfide) groups is 1. The van der Waals surface area contributed by atoms with Gasteiger partial charge < -0.3 is 10.6 Å². The normalized spacial score (nSPS) is 31.6. The molecule has 2 N–H and O–H groups in total. The molecule has 1 unspecified atom stereocenters. The molecule has 0 radical (unpaired) electrons. The molecule has 1 aliphatic carbocycles. The Bertz CT molecular complexity index is 278. The molecule has 1 atom stereocenters. The highest BCUT2D eigenvalue weighted by atomic mass is 32.2. The standard InChI is InChI=1S/C13H24N2OS/c1-12(6-3-4-9-15-12)11(16)14-10-13(17-2)7-5-8-13/h15H,3-10H2,1-2H3,(H,14,16). The Morgan fingerprint density at radius 1 is 1.29 bits per heavy atom. The van der Waals surface area contributed by atoms with Gasteiger partial charge in [-0.25, -0.2) is 0 Å². The summed E-state index contributed by atoms with van der Waals surface area (Å²) < 4.78 is 0.334. The number of hydrogen-bond acceptors (Lipinski definition) is 3. The van der Waals surface area contributed by atoms with E-state index in [0.717, 1.165) is 25.9 Å². The van der Waals surface area contributed by atoms with Gasteiger partial charge in [-0.05, 0) is 51.8 Å². The maximum Gasteiger partial charge on any atom is 0.240 e. The van der Waals surface area contributed by atoms with Gasteiger partial charge in [0.15, 0.2) is 0 Å². The average Bonchev–Trinajstić information content (AvgIpc) is 2.29. The molecule has 17 heavy (non-hydrogen) atoms. The van der Waals surface area contributed by atoms with Crippen LogP contribution in [-0.2, 0) is 4.79 Å². The zero-order valence-electron chi connectivity index (χ0n) is 11.0. The Labute approximate surface area is 108 Å². The van der Waals surface area contributed by atoms with E-state index in [2.05, 4.69) is 16.9 Å². The second kappa shape index (κ2) is 5.19. The third-order valence-corrected chi connectivity index (χ3v) is 5.81. The van der Waals surface area contributed by atoms with Crippen LogP contribution in [0.1, 0.15) is 45.4 Å². The highest BCUT2D eigenvalue weighted by Crippen LogP contribution is 2.42. The Balaban J connectivity index is 1.84. The van der Waals surface area contributed by atoms with Crippen LogP contribution < -0.4 is 10.6 Å². The lowest BCUT2D eigenvalue weighted by atomic mass is 9.83. The van der Waals surface area contributed by atoms with Crippen molar-refractivity contribution in [3.63, 3.8) is 0 Å². The van der Waals surface area contributed by atoms with Gasteiger partial charge in [0.05, 0.1) is 5.54 Å². The summed E-state index contributed by atoms with van der Waals surface area (Å²) in [5.41, 5.74) is -0.332.